The smallest absolute Gasteiger partial charge is 0.237 e. The SMILES string of the molecule is COCCNC(=O)C(C)N(CCN)C1CC1. The lowest BCUT2D eigenvalue weighted by Crippen LogP contribution is -2.48. The summed E-state index contributed by atoms with van der Waals surface area (Å²) in [6.07, 6.45) is 2.38. The van der Waals surface area contributed by atoms with Crippen LogP contribution in [-0.2, 0) is 9.53 Å². The number of methoxy groups -OCH3 is 1. The molecule has 0 aromatic carbocycles. The van der Waals surface area contributed by atoms with Crippen molar-refractivity contribution in [2.45, 2.75) is 31.8 Å². The Morgan fingerprint density at radius 1 is 1.62 bits per heavy atom. The van der Waals surface area contributed by atoms with Crippen molar-refractivity contribution in [1.82, 2.24) is 10.2 Å². The Morgan fingerprint density at radius 3 is 2.81 bits per heavy atom. The molecule has 0 radical (unpaired) electrons. The molecule has 5 heteroatoms. The molecule has 1 fully saturated rings. The molecule has 94 valence electrons. The molecule has 0 bridgehead atoms. The van der Waals surface area contributed by atoms with Gasteiger partial charge < -0.3 is 15.8 Å². The van der Waals surface area contributed by atoms with Gasteiger partial charge in [-0.15, -0.1) is 0 Å². The maximum Gasteiger partial charge on any atom is 0.237 e. The van der Waals surface area contributed by atoms with Gasteiger partial charge in [0.15, 0.2) is 0 Å². The lowest BCUT2D eigenvalue weighted by molar-refractivity contribution is -0.126. The largest absolute Gasteiger partial charge is 0.383 e. The third kappa shape index (κ3) is 4.08. The Hall–Kier alpha value is -0.650. The first kappa shape index (κ1) is 13.4. The third-order valence-corrected chi connectivity index (χ3v) is 2.89. The minimum Gasteiger partial charge on any atom is -0.383 e. The normalized spacial score (nSPS) is 17.5. The van der Waals surface area contributed by atoms with E-state index in [4.69, 9.17) is 10.5 Å². The van der Waals surface area contributed by atoms with E-state index in [0.29, 0.717) is 25.7 Å². The van der Waals surface area contributed by atoms with E-state index in [1.807, 2.05) is 6.92 Å². The number of hydrogen-bond acceptors (Lipinski definition) is 4. The summed E-state index contributed by atoms with van der Waals surface area (Å²) in [5, 5.41) is 2.86. The van der Waals surface area contributed by atoms with Gasteiger partial charge in [0.05, 0.1) is 12.6 Å². The van der Waals surface area contributed by atoms with Crippen molar-refractivity contribution >= 4 is 5.91 Å². The number of nitrogens with two attached hydrogens (primary N) is 1. The van der Waals surface area contributed by atoms with Crippen LogP contribution in [0.2, 0.25) is 0 Å². The first-order valence-corrected chi connectivity index (χ1v) is 5.93. The molecule has 0 aromatic rings. The molecule has 3 N–H and O–H groups in total. The number of rotatable bonds is 8. The maximum absolute atomic E-state index is 11.8. The minimum absolute atomic E-state index is 0.0670. The molecule has 1 atom stereocenters. The predicted octanol–water partition coefficient (Wildman–Crippen LogP) is -0.439. The van der Waals surface area contributed by atoms with Crippen LogP contribution in [0.4, 0.5) is 0 Å². The van der Waals surface area contributed by atoms with E-state index >= 15 is 0 Å². The second kappa shape index (κ2) is 6.83. The standard InChI is InChI=1S/C11H23N3O2/c1-9(11(15)13-6-8-16-2)14(7-5-12)10-3-4-10/h9-10H,3-8,12H2,1-2H3,(H,13,15). The molecule has 1 amide bonds. The number of nitrogens with one attached hydrogen (secondary N) is 1. The van der Waals surface area contributed by atoms with E-state index in [0.717, 1.165) is 6.54 Å². The monoisotopic (exact) mass is 229 g/mol. The van der Waals surface area contributed by atoms with Crippen LogP contribution in [0.3, 0.4) is 0 Å². The van der Waals surface area contributed by atoms with Gasteiger partial charge in [-0.05, 0) is 19.8 Å². The van der Waals surface area contributed by atoms with E-state index in [-0.39, 0.29) is 11.9 Å². The Labute approximate surface area is 97.3 Å². The number of carbonyl (C=O) groups is 1. The van der Waals surface area contributed by atoms with Crippen molar-refractivity contribution < 1.29 is 9.53 Å². The van der Waals surface area contributed by atoms with Crippen LogP contribution in [0.15, 0.2) is 0 Å². The van der Waals surface area contributed by atoms with Crippen molar-refractivity contribution in [2.75, 3.05) is 33.4 Å². The fourth-order valence-electron chi connectivity index (χ4n) is 1.82. The van der Waals surface area contributed by atoms with Gasteiger partial charge in [-0.25, -0.2) is 0 Å². The number of carbonyl (C=O) groups excluding carboxylic acids is 1. The van der Waals surface area contributed by atoms with Gasteiger partial charge >= 0.3 is 0 Å². The van der Waals surface area contributed by atoms with E-state index in [2.05, 4.69) is 10.2 Å². The Kier molecular flexibility index (Phi) is 5.73. The summed E-state index contributed by atoms with van der Waals surface area (Å²) in [7, 11) is 1.63. The lowest BCUT2D eigenvalue weighted by Gasteiger charge is -2.27. The summed E-state index contributed by atoms with van der Waals surface area (Å²) in [5.74, 6) is 0.0670. The molecular weight excluding hydrogens is 206 g/mol. The fraction of sp³-hybridized carbons (Fsp3) is 0.909. The molecule has 0 spiro atoms. The van der Waals surface area contributed by atoms with E-state index in [1.54, 1.807) is 7.11 Å². The summed E-state index contributed by atoms with van der Waals surface area (Å²) in [5.41, 5.74) is 5.56. The molecule has 1 unspecified atom stereocenters. The highest BCUT2D eigenvalue weighted by Gasteiger charge is 2.34. The Bertz CT molecular complexity index is 219. The van der Waals surface area contributed by atoms with Crippen LogP contribution in [0.5, 0.6) is 0 Å². The second-order valence-corrected chi connectivity index (χ2v) is 4.22. The summed E-state index contributed by atoms with van der Waals surface area (Å²) < 4.78 is 4.89. The molecule has 0 heterocycles. The van der Waals surface area contributed by atoms with Crippen molar-refractivity contribution in [3.05, 3.63) is 0 Å². The molecule has 1 saturated carbocycles. The molecule has 0 aliphatic heterocycles. The maximum atomic E-state index is 11.8. The van der Waals surface area contributed by atoms with Gasteiger partial charge in [-0.3, -0.25) is 9.69 Å². The zero-order chi connectivity index (χ0) is 12.0. The highest BCUT2D eigenvalue weighted by molar-refractivity contribution is 5.81. The zero-order valence-corrected chi connectivity index (χ0v) is 10.2. The Morgan fingerprint density at radius 2 is 2.31 bits per heavy atom. The first-order chi connectivity index (χ1) is 7.70. The number of ether oxygens (including phenoxy) is 1. The quantitative estimate of drug-likeness (QED) is 0.554. The van der Waals surface area contributed by atoms with Crippen LogP contribution in [0, 0.1) is 0 Å². The zero-order valence-electron chi connectivity index (χ0n) is 10.2. The molecule has 0 saturated heterocycles. The first-order valence-electron chi connectivity index (χ1n) is 5.93. The van der Waals surface area contributed by atoms with Gasteiger partial charge in [0.2, 0.25) is 5.91 Å². The van der Waals surface area contributed by atoms with Crippen molar-refractivity contribution in [2.24, 2.45) is 5.73 Å². The van der Waals surface area contributed by atoms with Crippen LogP contribution in [0.1, 0.15) is 19.8 Å². The summed E-state index contributed by atoms with van der Waals surface area (Å²) >= 11 is 0. The molecule has 1 aliphatic carbocycles. The number of nitrogens with zero attached hydrogens (tertiary/aromatic N) is 1. The molecule has 1 aliphatic rings. The van der Waals surface area contributed by atoms with Crippen LogP contribution < -0.4 is 11.1 Å². The average Bonchev–Trinajstić information content (AvgIpc) is 3.09. The van der Waals surface area contributed by atoms with Crippen LogP contribution in [0.25, 0.3) is 0 Å². The third-order valence-electron chi connectivity index (χ3n) is 2.89. The van der Waals surface area contributed by atoms with Gasteiger partial charge in [0.1, 0.15) is 0 Å². The average molecular weight is 229 g/mol. The van der Waals surface area contributed by atoms with Crippen LogP contribution >= 0.6 is 0 Å². The predicted molar refractivity (Wildman–Crippen MR) is 63.1 cm³/mol. The molecular formula is C11H23N3O2. The van der Waals surface area contributed by atoms with Gasteiger partial charge in [0, 0.05) is 32.8 Å². The van der Waals surface area contributed by atoms with E-state index < -0.39 is 0 Å². The molecule has 16 heavy (non-hydrogen) atoms. The highest BCUT2D eigenvalue weighted by atomic mass is 16.5. The van der Waals surface area contributed by atoms with Crippen molar-refractivity contribution in [3.63, 3.8) is 0 Å². The van der Waals surface area contributed by atoms with Crippen molar-refractivity contribution in [1.29, 1.82) is 0 Å². The van der Waals surface area contributed by atoms with E-state index in [1.165, 1.54) is 12.8 Å². The minimum atomic E-state index is -0.0899. The van der Waals surface area contributed by atoms with Gasteiger partial charge in [-0.2, -0.15) is 0 Å². The molecule has 0 aromatic heterocycles. The molecule has 5 nitrogen and oxygen atoms in total. The lowest BCUT2D eigenvalue weighted by atomic mass is 10.2. The number of hydrogen-bond donors (Lipinski definition) is 2. The summed E-state index contributed by atoms with van der Waals surface area (Å²) in [4.78, 5) is 14.0. The van der Waals surface area contributed by atoms with E-state index in [9.17, 15) is 4.79 Å². The van der Waals surface area contributed by atoms with Crippen molar-refractivity contribution in [3.8, 4) is 0 Å². The summed E-state index contributed by atoms with van der Waals surface area (Å²) in [6, 6.07) is 0.472. The van der Waals surface area contributed by atoms with Crippen LogP contribution in [-0.4, -0.2) is 56.2 Å². The Balaban J connectivity index is 2.33. The number of amides is 1. The van der Waals surface area contributed by atoms with Gasteiger partial charge in [0.25, 0.3) is 0 Å². The summed E-state index contributed by atoms with van der Waals surface area (Å²) in [6.45, 7) is 4.46. The highest BCUT2D eigenvalue weighted by Crippen LogP contribution is 2.28. The van der Waals surface area contributed by atoms with Gasteiger partial charge in [-0.1, -0.05) is 0 Å². The second-order valence-electron chi connectivity index (χ2n) is 4.22. The fourth-order valence-corrected chi connectivity index (χ4v) is 1.82. The topological polar surface area (TPSA) is 67.6 Å². The molecule has 1 rings (SSSR count).